The van der Waals surface area contributed by atoms with Crippen molar-refractivity contribution in [1.29, 1.82) is 0 Å². The van der Waals surface area contributed by atoms with E-state index in [0.717, 1.165) is 32.2 Å². The van der Waals surface area contributed by atoms with Gasteiger partial charge in [-0.25, -0.2) is 9.78 Å². The van der Waals surface area contributed by atoms with E-state index >= 15 is 0 Å². The summed E-state index contributed by atoms with van der Waals surface area (Å²) in [6.45, 7) is 14.1. The quantitative estimate of drug-likeness (QED) is 0.228. The van der Waals surface area contributed by atoms with Crippen LogP contribution in [0.2, 0.25) is 0 Å². The summed E-state index contributed by atoms with van der Waals surface area (Å²) in [6, 6.07) is 1.81. The minimum Gasteiger partial charge on any atom is -0.476 e. The van der Waals surface area contributed by atoms with E-state index in [2.05, 4.69) is 29.7 Å². The fraction of sp³-hybridized carbons (Fsp3) is 0.686. The third kappa shape index (κ3) is 9.21. The lowest BCUT2D eigenvalue weighted by Gasteiger charge is -2.44. The molecule has 0 spiro atoms. The number of rotatable bonds is 9. The molecule has 3 aliphatic rings. The molecule has 1 aromatic heterocycles. The predicted molar refractivity (Wildman–Crippen MR) is 180 cm³/mol. The van der Waals surface area contributed by atoms with E-state index in [1.165, 1.54) is 0 Å². The highest BCUT2D eigenvalue weighted by Crippen LogP contribution is 2.30. The van der Waals surface area contributed by atoms with Gasteiger partial charge in [0.1, 0.15) is 23.8 Å². The number of amides is 1. The SMILES string of the molecule is C#C.CCC/C(C(=O)C1CCCCC1=O)=C(/N)c1nc(OCC2CCCN2C)cc(N2CC(C)N(C(=O)OC(C)(C)C)[C@@H](C)C2)n1. The van der Waals surface area contributed by atoms with Gasteiger partial charge in [-0.05, 0) is 80.3 Å². The van der Waals surface area contributed by atoms with Crippen molar-refractivity contribution < 1.29 is 23.9 Å². The number of Topliss-reactive ketones (excluding diaryl/α,β-unsaturated/α-hetero) is 2. The molecule has 0 bridgehead atoms. The number of carbonyl (C=O) groups excluding carboxylic acids is 3. The lowest BCUT2D eigenvalue weighted by atomic mass is 9.81. The van der Waals surface area contributed by atoms with Crippen LogP contribution in [0.15, 0.2) is 11.6 Å². The van der Waals surface area contributed by atoms with Gasteiger partial charge in [0.15, 0.2) is 11.6 Å². The van der Waals surface area contributed by atoms with E-state index in [9.17, 15) is 14.4 Å². The molecule has 11 nitrogen and oxygen atoms in total. The first-order valence-corrected chi connectivity index (χ1v) is 16.7. The van der Waals surface area contributed by atoms with Gasteiger partial charge in [-0.3, -0.25) is 14.5 Å². The number of piperazine rings is 1. The van der Waals surface area contributed by atoms with Crippen LogP contribution in [0.3, 0.4) is 0 Å². The molecule has 254 valence electrons. The Hall–Kier alpha value is -3.65. The minimum atomic E-state index is -0.650. The number of ketones is 2. The van der Waals surface area contributed by atoms with Crippen molar-refractivity contribution in [2.45, 2.75) is 117 Å². The number of ether oxygens (including phenoxy) is 2. The van der Waals surface area contributed by atoms with Crippen molar-refractivity contribution in [1.82, 2.24) is 19.8 Å². The number of terminal acetylenes is 1. The van der Waals surface area contributed by atoms with Crippen molar-refractivity contribution in [2.75, 3.05) is 38.2 Å². The number of likely N-dealkylation sites (N-methyl/N-ethyl adjacent to an activating group) is 1. The third-order valence-electron chi connectivity index (χ3n) is 8.87. The molecule has 3 unspecified atom stereocenters. The highest BCUT2D eigenvalue weighted by molar-refractivity contribution is 6.13. The molecule has 1 aliphatic carbocycles. The zero-order chi connectivity index (χ0) is 34.2. The van der Waals surface area contributed by atoms with Crippen LogP contribution in [0.1, 0.15) is 98.7 Å². The average Bonchev–Trinajstić information content (AvgIpc) is 3.42. The van der Waals surface area contributed by atoms with Crippen LogP contribution in [0, 0.1) is 18.8 Å². The molecule has 1 amide bonds. The first-order chi connectivity index (χ1) is 21.8. The molecule has 0 aromatic carbocycles. The smallest absolute Gasteiger partial charge is 0.410 e. The molecule has 3 heterocycles. The second-order valence-corrected chi connectivity index (χ2v) is 13.7. The van der Waals surface area contributed by atoms with Crippen LogP contribution in [0.25, 0.3) is 5.70 Å². The van der Waals surface area contributed by atoms with Crippen molar-refractivity contribution in [3.8, 4) is 18.7 Å². The molecule has 4 atom stereocenters. The molecular formula is C35H54N6O5. The van der Waals surface area contributed by atoms with Crippen LogP contribution >= 0.6 is 0 Å². The highest BCUT2D eigenvalue weighted by Gasteiger charge is 2.37. The normalized spacial score (nSPS) is 24.5. The summed E-state index contributed by atoms with van der Waals surface area (Å²) in [4.78, 5) is 55.2. The van der Waals surface area contributed by atoms with Crippen LogP contribution in [0.4, 0.5) is 10.6 Å². The Morgan fingerprint density at radius 1 is 1.07 bits per heavy atom. The third-order valence-corrected chi connectivity index (χ3v) is 8.87. The molecular weight excluding hydrogens is 584 g/mol. The fourth-order valence-corrected chi connectivity index (χ4v) is 6.57. The van der Waals surface area contributed by atoms with E-state index in [0.29, 0.717) is 62.7 Å². The van der Waals surface area contributed by atoms with Crippen LogP contribution < -0.4 is 15.4 Å². The number of anilines is 1. The maximum Gasteiger partial charge on any atom is 0.410 e. The van der Waals surface area contributed by atoms with Gasteiger partial charge in [0.05, 0.1) is 23.7 Å². The molecule has 1 saturated carbocycles. The molecule has 11 heteroatoms. The average molecular weight is 639 g/mol. The minimum absolute atomic E-state index is 0.00661. The molecule has 3 fully saturated rings. The molecule has 2 saturated heterocycles. The molecule has 46 heavy (non-hydrogen) atoms. The number of nitrogens with zero attached hydrogens (tertiary/aromatic N) is 5. The van der Waals surface area contributed by atoms with E-state index in [1.54, 1.807) is 4.90 Å². The molecule has 2 N–H and O–H groups in total. The number of allylic oxidation sites excluding steroid dienone is 1. The van der Waals surface area contributed by atoms with Gasteiger partial charge in [0.25, 0.3) is 0 Å². The Balaban J connectivity index is 0.00000282. The van der Waals surface area contributed by atoms with Gasteiger partial charge in [-0.2, -0.15) is 4.98 Å². The molecule has 4 rings (SSSR count). The Labute approximate surface area is 275 Å². The van der Waals surface area contributed by atoms with E-state index < -0.39 is 11.5 Å². The number of nitrogens with two attached hydrogens (primary N) is 1. The van der Waals surface area contributed by atoms with Crippen molar-refractivity contribution in [3.05, 3.63) is 17.5 Å². The second-order valence-electron chi connectivity index (χ2n) is 13.7. The van der Waals surface area contributed by atoms with E-state index in [1.807, 2.05) is 47.6 Å². The number of carbonyl (C=O) groups is 3. The second kappa shape index (κ2) is 16.3. The Bertz CT molecular complexity index is 1280. The van der Waals surface area contributed by atoms with Crippen molar-refractivity contribution in [3.63, 3.8) is 0 Å². The topological polar surface area (TPSA) is 131 Å². The van der Waals surface area contributed by atoms with Crippen LogP contribution in [-0.2, 0) is 14.3 Å². The van der Waals surface area contributed by atoms with Gasteiger partial charge in [-0.15, -0.1) is 12.8 Å². The number of hydrogen-bond acceptors (Lipinski definition) is 10. The first-order valence-electron chi connectivity index (χ1n) is 16.7. The van der Waals surface area contributed by atoms with Crippen molar-refractivity contribution in [2.24, 2.45) is 11.7 Å². The predicted octanol–water partition coefficient (Wildman–Crippen LogP) is 4.83. The monoisotopic (exact) mass is 638 g/mol. The maximum absolute atomic E-state index is 13.7. The van der Waals surface area contributed by atoms with Gasteiger partial charge in [0, 0.05) is 37.2 Å². The largest absolute Gasteiger partial charge is 0.476 e. The molecule has 1 aromatic rings. The standard InChI is InChI=1S/C33H52N6O5.C2H2/c1-8-12-25(30(41)24-14-9-10-15-26(24)40)29(34)31-35-27(17-28(36-31)43-20-23-13-11-16-37(23)7)38-18-21(2)39(22(3)19-38)32(42)44-33(4,5)6;1-2/h17,21-24H,8-16,18-20,34H2,1-7H3;1-2H/b29-25-;/t21-,22?,23?,24?;/m0./s1. The Kier molecular flexibility index (Phi) is 13.0. The summed E-state index contributed by atoms with van der Waals surface area (Å²) in [5.74, 6) is 0.377. The van der Waals surface area contributed by atoms with Gasteiger partial charge in [-0.1, -0.05) is 19.8 Å². The lowest BCUT2D eigenvalue weighted by Crippen LogP contribution is -2.59. The summed E-state index contributed by atoms with van der Waals surface area (Å²) in [5.41, 5.74) is 6.76. The summed E-state index contributed by atoms with van der Waals surface area (Å²) in [6.07, 6.45) is 13.6. The fourth-order valence-electron chi connectivity index (χ4n) is 6.57. The van der Waals surface area contributed by atoms with Crippen molar-refractivity contribution >= 4 is 29.2 Å². The lowest BCUT2D eigenvalue weighted by molar-refractivity contribution is -0.132. The molecule has 0 radical (unpaired) electrons. The van der Waals surface area contributed by atoms with Crippen LogP contribution in [0.5, 0.6) is 5.88 Å². The summed E-state index contributed by atoms with van der Waals surface area (Å²) in [5, 5.41) is 0. The van der Waals surface area contributed by atoms with E-state index in [4.69, 9.17) is 25.2 Å². The summed E-state index contributed by atoms with van der Waals surface area (Å²) in [7, 11) is 2.10. The van der Waals surface area contributed by atoms with Gasteiger partial charge < -0.3 is 25.0 Å². The van der Waals surface area contributed by atoms with Crippen LogP contribution in [-0.4, -0.2) is 94.4 Å². The Morgan fingerprint density at radius 2 is 1.74 bits per heavy atom. The van der Waals surface area contributed by atoms with Gasteiger partial charge >= 0.3 is 6.09 Å². The Morgan fingerprint density at radius 3 is 2.30 bits per heavy atom. The molecule has 2 aliphatic heterocycles. The number of aromatic nitrogens is 2. The summed E-state index contributed by atoms with van der Waals surface area (Å²) < 4.78 is 12.0. The van der Waals surface area contributed by atoms with E-state index in [-0.39, 0.29) is 47.3 Å². The summed E-state index contributed by atoms with van der Waals surface area (Å²) >= 11 is 0. The highest BCUT2D eigenvalue weighted by atomic mass is 16.6. The first kappa shape index (κ1) is 36.8. The van der Waals surface area contributed by atoms with Gasteiger partial charge in [0.2, 0.25) is 5.88 Å². The number of likely N-dealkylation sites (tertiary alicyclic amines) is 1. The zero-order valence-electron chi connectivity index (χ0n) is 28.9. The zero-order valence-corrected chi connectivity index (χ0v) is 28.9. The number of hydrogen-bond donors (Lipinski definition) is 1. The maximum atomic E-state index is 13.7.